The van der Waals surface area contributed by atoms with E-state index in [1.54, 1.807) is 6.07 Å². The molecular formula is C23H21F3N4O2. The van der Waals surface area contributed by atoms with E-state index in [4.69, 9.17) is 0 Å². The zero-order valence-electron chi connectivity index (χ0n) is 17.2. The highest BCUT2D eigenvalue weighted by molar-refractivity contribution is 6.07. The molecule has 3 N–H and O–H groups in total. The molecule has 0 fully saturated rings. The predicted molar refractivity (Wildman–Crippen MR) is 115 cm³/mol. The Morgan fingerprint density at radius 3 is 2.62 bits per heavy atom. The number of fused-ring (bicyclic) bond motifs is 1. The molecule has 0 spiro atoms. The quantitative estimate of drug-likeness (QED) is 0.489. The summed E-state index contributed by atoms with van der Waals surface area (Å²) in [5, 5.41) is 5.53. The standard InChI is InChI=1S/C23H21F3N4O2/c1-13(23(24,25)26)22(32)30-18-12-14(10-11-27-18)20-21(28-15-6-3-2-4-7-15)19-16(29-20)8-5-9-17(19)31/h2-4,6-7,10-13,28-29H,5,8-9H2,1H3,(H,27,30,32). The van der Waals surface area contributed by atoms with Crippen molar-refractivity contribution < 1.29 is 22.8 Å². The molecule has 4 rings (SSSR count). The van der Waals surface area contributed by atoms with Gasteiger partial charge in [0.2, 0.25) is 5.91 Å². The minimum atomic E-state index is -4.65. The lowest BCUT2D eigenvalue weighted by Gasteiger charge is -2.15. The molecule has 1 unspecified atom stereocenters. The van der Waals surface area contributed by atoms with E-state index in [1.807, 2.05) is 30.3 Å². The Bertz CT molecular complexity index is 1160. The maximum Gasteiger partial charge on any atom is 0.400 e. The van der Waals surface area contributed by atoms with Gasteiger partial charge in [-0.3, -0.25) is 9.59 Å². The summed E-state index contributed by atoms with van der Waals surface area (Å²) in [7, 11) is 0. The van der Waals surface area contributed by atoms with Gasteiger partial charge in [0.25, 0.3) is 0 Å². The average molecular weight is 442 g/mol. The number of carbonyl (C=O) groups is 2. The first-order valence-corrected chi connectivity index (χ1v) is 10.2. The van der Waals surface area contributed by atoms with Crippen molar-refractivity contribution in [1.82, 2.24) is 9.97 Å². The molecule has 166 valence electrons. The molecule has 1 aliphatic carbocycles. The second kappa shape index (κ2) is 8.49. The number of aromatic nitrogens is 2. The minimum absolute atomic E-state index is 0.00633. The third-order valence-electron chi connectivity index (χ3n) is 5.41. The van der Waals surface area contributed by atoms with Crippen molar-refractivity contribution >= 4 is 28.9 Å². The molecule has 1 amide bonds. The number of para-hydroxylation sites is 1. The van der Waals surface area contributed by atoms with E-state index in [0.29, 0.717) is 35.3 Å². The summed E-state index contributed by atoms with van der Waals surface area (Å²) < 4.78 is 38.5. The van der Waals surface area contributed by atoms with Crippen LogP contribution in [0.4, 0.5) is 30.4 Å². The maximum atomic E-state index is 12.8. The fourth-order valence-corrected chi connectivity index (χ4v) is 3.64. The van der Waals surface area contributed by atoms with Gasteiger partial charge >= 0.3 is 6.18 Å². The molecule has 0 saturated carbocycles. The highest BCUT2D eigenvalue weighted by atomic mass is 19.4. The number of pyridine rings is 1. The summed E-state index contributed by atoms with van der Waals surface area (Å²) in [5.41, 5.74) is 3.97. The van der Waals surface area contributed by atoms with Crippen LogP contribution in [-0.4, -0.2) is 27.8 Å². The molecule has 1 aliphatic rings. The van der Waals surface area contributed by atoms with E-state index in [1.165, 1.54) is 12.3 Å². The van der Waals surface area contributed by atoms with Crippen LogP contribution in [0.5, 0.6) is 0 Å². The van der Waals surface area contributed by atoms with Crippen molar-refractivity contribution in [3.63, 3.8) is 0 Å². The Morgan fingerprint density at radius 2 is 1.91 bits per heavy atom. The lowest BCUT2D eigenvalue weighted by molar-refractivity contribution is -0.175. The van der Waals surface area contributed by atoms with Crippen molar-refractivity contribution in [1.29, 1.82) is 0 Å². The number of ketones is 1. The van der Waals surface area contributed by atoms with Gasteiger partial charge in [-0.2, -0.15) is 13.2 Å². The minimum Gasteiger partial charge on any atom is -0.356 e. The first kappa shape index (κ1) is 21.6. The number of aromatic amines is 1. The van der Waals surface area contributed by atoms with Crippen LogP contribution in [0.25, 0.3) is 11.3 Å². The number of Topliss-reactive ketones (excluding diaryl/α,β-unsaturated/α-hetero) is 1. The Hall–Kier alpha value is -3.62. The Morgan fingerprint density at radius 1 is 1.16 bits per heavy atom. The van der Waals surface area contributed by atoms with E-state index in [-0.39, 0.29) is 11.6 Å². The van der Waals surface area contributed by atoms with Crippen LogP contribution in [0, 0.1) is 5.92 Å². The number of anilines is 3. The molecule has 1 atom stereocenters. The van der Waals surface area contributed by atoms with Gasteiger partial charge in [-0.15, -0.1) is 0 Å². The number of benzene rings is 1. The summed E-state index contributed by atoms with van der Waals surface area (Å²) >= 11 is 0. The van der Waals surface area contributed by atoms with Crippen LogP contribution in [0.1, 0.15) is 35.8 Å². The van der Waals surface area contributed by atoms with Crippen LogP contribution in [0.2, 0.25) is 0 Å². The summed E-state index contributed by atoms with van der Waals surface area (Å²) in [6.07, 6.45) is -1.35. The number of rotatable bonds is 5. The van der Waals surface area contributed by atoms with Crippen LogP contribution < -0.4 is 10.6 Å². The monoisotopic (exact) mass is 442 g/mol. The number of H-pyrrole nitrogens is 1. The average Bonchev–Trinajstić information content (AvgIpc) is 3.13. The molecule has 0 radical (unpaired) electrons. The highest BCUT2D eigenvalue weighted by Gasteiger charge is 2.41. The summed E-state index contributed by atoms with van der Waals surface area (Å²) in [5.74, 6) is -3.34. The van der Waals surface area contributed by atoms with Crippen molar-refractivity contribution in [3.05, 3.63) is 59.9 Å². The number of carbonyl (C=O) groups excluding carboxylic acids is 2. The fraction of sp³-hybridized carbons (Fsp3) is 0.261. The first-order valence-electron chi connectivity index (χ1n) is 10.2. The predicted octanol–water partition coefficient (Wildman–Crippen LogP) is 5.48. The number of halogens is 3. The largest absolute Gasteiger partial charge is 0.400 e. The third kappa shape index (κ3) is 4.37. The zero-order chi connectivity index (χ0) is 22.9. The molecule has 1 aromatic carbocycles. The smallest absolute Gasteiger partial charge is 0.356 e. The summed E-state index contributed by atoms with van der Waals surface area (Å²) in [6, 6.07) is 12.5. The number of nitrogens with zero attached hydrogens (tertiary/aromatic N) is 1. The van der Waals surface area contributed by atoms with E-state index in [0.717, 1.165) is 24.7 Å². The van der Waals surface area contributed by atoms with Crippen LogP contribution in [0.15, 0.2) is 48.7 Å². The van der Waals surface area contributed by atoms with E-state index >= 15 is 0 Å². The second-order valence-corrected chi connectivity index (χ2v) is 7.68. The third-order valence-corrected chi connectivity index (χ3v) is 5.41. The van der Waals surface area contributed by atoms with E-state index < -0.39 is 18.0 Å². The molecule has 6 nitrogen and oxygen atoms in total. The molecule has 3 aromatic rings. The maximum absolute atomic E-state index is 12.8. The number of hydrogen-bond acceptors (Lipinski definition) is 4. The normalized spacial score (nSPS) is 14.6. The molecule has 0 aliphatic heterocycles. The van der Waals surface area contributed by atoms with Crippen LogP contribution in [0.3, 0.4) is 0 Å². The van der Waals surface area contributed by atoms with Gasteiger partial charge in [-0.05, 0) is 44.0 Å². The van der Waals surface area contributed by atoms with Gasteiger partial charge in [0.1, 0.15) is 11.7 Å². The molecule has 32 heavy (non-hydrogen) atoms. The second-order valence-electron chi connectivity index (χ2n) is 7.68. The number of amides is 1. The fourth-order valence-electron chi connectivity index (χ4n) is 3.64. The van der Waals surface area contributed by atoms with Gasteiger partial charge in [-0.1, -0.05) is 18.2 Å². The van der Waals surface area contributed by atoms with Crippen LogP contribution in [-0.2, 0) is 11.2 Å². The van der Waals surface area contributed by atoms with Gasteiger partial charge in [0.15, 0.2) is 5.78 Å². The van der Waals surface area contributed by atoms with E-state index in [9.17, 15) is 22.8 Å². The van der Waals surface area contributed by atoms with Gasteiger partial charge < -0.3 is 15.6 Å². The summed E-state index contributed by atoms with van der Waals surface area (Å²) in [6.45, 7) is 0.797. The lowest BCUT2D eigenvalue weighted by atomic mass is 9.95. The molecule has 9 heteroatoms. The number of nitrogens with one attached hydrogen (secondary N) is 3. The van der Waals surface area contributed by atoms with Crippen molar-refractivity contribution in [2.24, 2.45) is 5.92 Å². The van der Waals surface area contributed by atoms with Crippen molar-refractivity contribution in [2.75, 3.05) is 10.6 Å². The number of hydrogen-bond donors (Lipinski definition) is 3. The van der Waals surface area contributed by atoms with E-state index in [2.05, 4.69) is 20.6 Å². The molecular weight excluding hydrogens is 421 g/mol. The Kier molecular flexibility index (Phi) is 5.73. The first-order chi connectivity index (χ1) is 15.2. The molecule has 0 bridgehead atoms. The Labute approximate surface area is 182 Å². The number of aryl methyl sites for hydroxylation is 1. The Balaban J connectivity index is 1.71. The van der Waals surface area contributed by atoms with Gasteiger partial charge in [-0.25, -0.2) is 4.98 Å². The number of alkyl halides is 3. The van der Waals surface area contributed by atoms with Crippen molar-refractivity contribution in [2.45, 2.75) is 32.4 Å². The zero-order valence-corrected chi connectivity index (χ0v) is 17.2. The molecule has 0 saturated heterocycles. The highest BCUT2D eigenvalue weighted by Crippen LogP contribution is 2.39. The summed E-state index contributed by atoms with van der Waals surface area (Å²) in [4.78, 5) is 31.9. The molecule has 2 aromatic heterocycles. The lowest BCUT2D eigenvalue weighted by Crippen LogP contribution is -2.32. The topological polar surface area (TPSA) is 86.9 Å². The van der Waals surface area contributed by atoms with Gasteiger partial charge in [0, 0.05) is 29.6 Å². The molecule has 2 heterocycles. The van der Waals surface area contributed by atoms with Crippen molar-refractivity contribution in [3.8, 4) is 11.3 Å². The SMILES string of the molecule is CC(C(=O)Nc1cc(-c2[nH]c3c(c2Nc2ccccc2)C(=O)CCC3)ccn1)C(F)(F)F. The van der Waals surface area contributed by atoms with Gasteiger partial charge in [0.05, 0.1) is 16.9 Å². The van der Waals surface area contributed by atoms with Crippen LogP contribution >= 0.6 is 0 Å².